The van der Waals surface area contributed by atoms with Crippen molar-refractivity contribution >= 4 is 39.9 Å². The van der Waals surface area contributed by atoms with Gasteiger partial charge in [0.25, 0.3) is 5.91 Å². The first-order chi connectivity index (χ1) is 14.6. The van der Waals surface area contributed by atoms with Crippen molar-refractivity contribution in [1.29, 1.82) is 0 Å². The van der Waals surface area contributed by atoms with E-state index < -0.39 is 0 Å². The summed E-state index contributed by atoms with van der Waals surface area (Å²) < 4.78 is 5.13. The molecule has 150 valence electrons. The number of methoxy groups -OCH3 is 1. The highest BCUT2D eigenvalue weighted by Gasteiger charge is 2.08. The van der Waals surface area contributed by atoms with Crippen LogP contribution in [0.5, 0.6) is 5.75 Å². The lowest BCUT2D eigenvalue weighted by Crippen LogP contribution is -2.22. The molecule has 0 fully saturated rings. The van der Waals surface area contributed by atoms with Crippen molar-refractivity contribution < 1.29 is 9.53 Å². The van der Waals surface area contributed by atoms with Gasteiger partial charge in [-0.2, -0.15) is 0 Å². The van der Waals surface area contributed by atoms with Crippen LogP contribution in [0.1, 0.15) is 15.9 Å². The Balaban J connectivity index is 1.42. The molecule has 4 aromatic rings. The first-order valence-corrected chi connectivity index (χ1v) is 9.68. The molecule has 1 amide bonds. The normalized spacial score (nSPS) is 10.6. The summed E-state index contributed by atoms with van der Waals surface area (Å²) in [6.07, 6.45) is 3.25. The van der Waals surface area contributed by atoms with Crippen molar-refractivity contribution in [1.82, 2.24) is 15.3 Å². The first-order valence-electron chi connectivity index (χ1n) is 9.31. The molecule has 0 aliphatic heterocycles. The highest BCUT2D eigenvalue weighted by molar-refractivity contribution is 6.31. The maximum absolute atomic E-state index is 12.4. The molecule has 2 heterocycles. The van der Waals surface area contributed by atoms with E-state index in [4.69, 9.17) is 16.3 Å². The van der Waals surface area contributed by atoms with Crippen LogP contribution >= 0.6 is 11.6 Å². The maximum Gasteiger partial charge on any atom is 0.253 e. The molecule has 2 N–H and O–H groups in total. The summed E-state index contributed by atoms with van der Waals surface area (Å²) >= 11 is 6.12. The van der Waals surface area contributed by atoms with Crippen molar-refractivity contribution in [3.63, 3.8) is 0 Å². The van der Waals surface area contributed by atoms with Gasteiger partial charge in [-0.05, 0) is 53.4 Å². The third-order valence-corrected chi connectivity index (χ3v) is 4.85. The average molecular weight is 419 g/mol. The van der Waals surface area contributed by atoms with Crippen LogP contribution in [0.2, 0.25) is 5.02 Å². The third kappa shape index (κ3) is 4.50. The van der Waals surface area contributed by atoms with E-state index in [1.165, 1.54) is 6.20 Å². The van der Waals surface area contributed by atoms with E-state index >= 15 is 0 Å². The van der Waals surface area contributed by atoms with E-state index in [0.717, 1.165) is 22.1 Å². The van der Waals surface area contributed by atoms with Crippen LogP contribution < -0.4 is 15.4 Å². The molecule has 0 aliphatic rings. The Labute approximate surface area is 178 Å². The predicted molar refractivity (Wildman–Crippen MR) is 118 cm³/mol. The molecule has 0 atom stereocenters. The molecule has 2 aromatic heterocycles. The molecule has 30 heavy (non-hydrogen) atoms. The van der Waals surface area contributed by atoms with Crippen LogP contribution in [-0.4, -0.2) is 23.0 Å². The highest BCUT2D eigenvalue weighted by atomic mass is 35.5. The van der Waals surface area contributed by atoms with Crippen molar-refractivity contribution in [2.45, 2.75) is 6.54 Å². The van der Waals surface area contributed by atoms with E-state index in [9.17, 15) is 4.79 Å². The molecular formula is C23H19ClN4O2. The van der Waals surface area contributed by atoms with E-state index in [1.54, 1.807) is 25.4 Å². The molecule has 0 saturated carbocycles. The second kappa shape index (κ2) is 8.80. The van der Waals surface area contributed by atoms with Gasteiger partial charge in [0.2, 0.25) is 0 Å². The second-order valence-electron chi connectivity index (χ2n) is 6.61. The highest BCUT2D eigenvalue weighted by Crippen LogP contribution is 2.26. The number of rotatable bonds is 6. The Morgan fingerprint density at radius 3 is 2.60 bits per heavy atom. The monoisotopic (exact) mass is 418 g/mol. The molecule has 0 spiro atoms. The second-order valence-corrected chi connectivity index (χ2v) is 7.05. The van der Waals surface area contributed by atoms with Crippen LogP contribution in [0.25, 0.3) is 10.8 Å². The summed E-state index contributed by atoms with van der Waals surface area (Å²) in [5.41, 5.74) is 1.46. The zero-order valence-corrected chi connectivity index (χ0v) is 17.0. The zero-order valence-electron chi connectivity index (χ0n) is 16.2. The fourth-order valence-corrected chi connectivity index (χ4v) is 3.16. The number of pyridine rings is 2. The van der Waals surface area contributed by atoms with Gasteiger partial charge in [-0.25, -0.2) is 9.97 Å². The maximum atomic E-state index is 12.4. The van der Waals surface area contributed by atoms with Gasteiger partial charge >= 0.3 is 0 Å². The molecule has 6 nitrogen and oxygen atoms in total. The molecule has 0 radical (unpaired) electrons. The van der Waals surface area contributed by atoms with Crippen molar-refractivity contribution in [2.24, 2.45) is 0 Å². The lowest BCUT2D eigenvalue weighted by molar-refractivity contribution is 0.0950. The van der Waals surface area contributed by atoms with Crippen LogP contribution in [0.15, 0.2) is 73.1 Å². The smallest absolute Gasteiger partial charge is 0.253 e. The lowest BCUT2D eigenvalue weighted by atomic mass is 10.1. The van der Waals surface area contributed by atoms with Crippen molar-refractivity contribution in [3.8, 4) is 5.75 Å². The van der Waals surface area contributed by atoms with Gasteiger partial charge in [-0.1, -0.05) is 29.8 Å². The molecular weight excluding hydrogens is 400 g/mol. The van der Waals surface area contributed by atoms with E-state index in [0.29, 0.717) is 28.8 Å². The van der Waals surface area contributed by atoms with Crippen molar-refractivity contribution in [2.75, 3.05) is 12.4 Å². The topological polar surface area (TPSA) is 76.1 Å². The number of fused-ring (bicyclic) bond motifs is 1. The number of benzene rings is 2. The average Bonchev–Trinajstić information content (AvgIpc) is 2.78. The van der Waals surface area contributed by atoms with Crippen molar-refractivity contribution in [3.05, 3.63) is 89.2 Å². The molecule has 0 aliphatic carbocycles. The standard InChI is InChI=1S/C23H19ClN4O2/c1-30-19-7-2-15(3-8-19)13-27-23(29)17-5-9-21(26-14-17)28-22-20-12-18(24)6-4-16(20)10-11-25-22/h2-12,14H,13H2,1H3,(H,27,29)(H,25,26,28). The van der Waals surface area contributed by atoms with Crippen LogP contribution in [-0.2, 0) is 6.54 Å². The van der Waals surface area contributed by atoms with Crippen LogP contribution in [0.4, 0.5) is 11.6 Å². The molecule has 0 saturated heterocycles. The molecule has 0 bridgehead atoms. The van der Waals surface area contributed by atoms with Crippen LogP contribution in [0.3, 0.4) is 0 Å². The summed E-state index contributed by atoms with van der Waals surface area (Å²) in [5, 5.41) is 8.62. The molecule has 4 rings (SSSR count). The van der Waals surface area contributed by atoms with Gasteiger partial charge in [-0.15, -0.1) is 0 Å². The number of nitrogens with one attached hydrogen (secondary N) is 2. The number of nitrogens with zero attached hydrogens (tertiary/aromatic N) is 2. The number of anilines is 2. The third-order valence-electron chi connectivity index (χ3n) is 4.61. The van der Waals surface area contributed by atoms with E-state index in [-0.39, 0.29) is 5.91 Å². The number of halogens is 1. The number of hydrogen-bond acceptors (Lipinski definition) is 5. The minimum Gasteiger partial charge on any atom is -0.497 e. The Hall–Kier alpha value is -3.64. The Kier molecular flexibility index (Phi) is 5.77. The predicted octanol–water partition coefficient (Wildman–Crippen LogP) is 4.97. The first kappa shape index (κ1) is 19.7. The summed E-state index contributed by atoms with van der Waals surface area (Å²) in [5.74, 6) is 1.82. The van der Waals surface area contributed by atoms with E-state index in [1.807, 2.05) is 48.5 Å². The number of aromatic nitrogens is 2. The van der Waals surface area contributed by atoms with Gasteiger partial charge in [-0.3, -0.25) is 4.79 Å². The SMILES string of the molecule is COc1ccc(CNC(=O)c2ccc(Nc3nccc4ccc(Cl)cc34)nc2)cc1. The number of hydrogen-bond donors (Lipinski definition) is 2. The summed E-state index contributed by atoms with van der Waals surface area (Å²) in [6, 6.07) is 18.6. The summed E-state index contributed by atoms with van der Waals surface area (Å²) in [6.45, 7) is 0.420. The molecule has 2 aromatic carbocycles. The summed E-state index contributed by atoms with van der Waals surface area (Å²) in [4.78, 5) is 21.1. The van der Waals surface area contributed by atoms with E-state index in [2.05, 4.69) is 20.6 Å². The number of amides is 1. The molecule has 0 unspecified atom stereocenters. The van der Waals surface area contributed by atoms with Crippen LogP contribution in [0, 0.1) is 0 Å². The van der Waals surface area contributed by atoms with Gasteiger partial charge < -0.3 is 15.4 Å². The minimum atomic E-state index is -0.195. The molecule has 7 heteroatoms. The zero-order chi connectivity index (χ0) is 20.9. The number of carbonyl (C=O) groups is 1. The Morgan fingerprint density at radius 2 is 1.87 bits per heavy atom. The van der Waals surface area contributed by atoms with Gasteiger partial charge in [0.1, 0.15) is 17.4 Å². The Morgan fingerprint density at radius 1 is 1.03 bits per heavy atom. The lowest BCUT2D eigenvalue weighted by Gasteiger charge is -2.09. The fraction of sp³-hybridized carbons (Fsp3) is 0.0870. The number of carbonyl (C=O) groups excluding carboxylic acids is 1. The quantitative estimate of drug-likeness (QED) is 0.462. The van der Waals surface area contributed by atoms with Gasteiger partial charge in [0, 0.05) is 29.3 Å². The van der Waals surface area contributed by atoms with Gasteiger partial charge in [0.15, 0.2) is 0 Å². The Bertz CT molecular complexity index is 1180. The number of ether oxygens (including phenoxy) is 1. The fourth-order valence-electron chi connectivity index (χ4n) is 2.99. The minimum absolute atomic E-state index is 0.195. The largest absolute Gasteiger partial charge is 0.497 e. The van der Waals surface area contributed by atoms with Gasteiger partial charge in [0.05, 0.1) is 12.7 Å². The summed E-state index contributed by atoms with van der Waals surface area (Å²) in [7, 11) is 1.62.